The summed E-state index contributed by atoms with van der Waals surface area (Å²) < 4.78 is 29.6. The monoisotopic (exact) mass is 402 g/mol. The second-order valence-electron chi connectivity index (χ2n) is 5.17. The van der Waals surface area contributed by atoms with E-state index in [0.29, 0.717) is 34.8 Å². The van der Waals surface area contributed by atoms with Gasteiger partial charge >= 0.3 is 6.61 Å². The number of ether oxygens (including phenoxy) is 1. The van der Waals surface area contributed by atoms with Crippen LogP contribution in [0.4, 0.5) is 8.78 Å². The predicted molar refractivity (Wildman–Crippen MR) is 99.0 cm³/mol. The Hall–Kier alpha value is -2.12. The molecule has 0 unspecified atom stereocenters. The molecule has 0 aliphatic carbocycles. The van der Waals surface area contributed by atoms with E-state index < -0.39 is 6.61 Å². The molecular weight excluding hydrogens is 385 g/mol. The van der Waals surface area contributed by atoms with Gasteiger partial charge in [0.15, 0.2) is 5.96 Å². The number of hydrogen-bond acceptors (Lipinski definition) is 3. The van der Waals surface area contributed by atoms with Crippen LogP contribution in [0.15, 0.2) is 41.5 Å². The summed E-state index contributed by atoms with van der Waals surface area (Å²) in [5, 5.41) is 6.99. The molecule has 0 bridgehead atoms. The third-order valence-corrected chi connectivity index (χ3v) is 3.70. The van der Waals surface area contributed by atoms with Crippen molar-refractivity contribution >= 4 is 29.2 Å². The van der Waals surface area contributed by atoms with Gasteiger partial charge in [0, 0.05) is 29.9 Å². The van der Waals surface area contributed by atoms with Crippen molar-refractivity contribution in [3.63, 3.8) is 0 Å². The molecule has 26 heavy (non-hydrogen) atoms. The molecule has 2 rings (SSSR count). The lowest BCUT2D eigenvalue weighted by molar-refractivity contribution is -0.0504. The average Bonchev–Trinajstić information content (AvgIpc) is 2.60. The first-order chi connectivity index (χ1) is 12.5. The fourth-order valence-electron chi connectivity index (χ4n) is 2.09. The predicted octanol–water partition coefficient (Wildman–Crippen LogP) is 4.25. The molecule has 0 fully saturated rings. The molecule has 1 aromatic heterocycles. The standard InChI is InChI=1S/C17H18Cl2F2N4O/c1-2-22-17(24-9-11-3-6-15(19)23-8-11)25-10-12-7-13(18)4-5-14(12)26-16(20)21/h3-8,16H,2,9-10H2,1H3,(H2,22,24,25). The molecule has 1 heterocycles. The Kier molecular flexibility index (Phi) is 7.87. The molecule has 0 amide bonds. The fraction of sp³-hybridized carbons (Fsp3) is 0.294. The number of halogens is 4. The van der Waals surface area contributed by atoms with Crippen molar-refractivity contribution in [3.8, 4) is 5.75 Å². The van der Waals surface area contributed by atoms with Gasteiger partial charge in [-0.3, -0.25) is 0 Å². The molecule has 9 heteroatoms. The van der Waals surface area contributed by atoms with E-state index in [-0.39, 0.29) is 12.3 Å². The maximum absolute atomic E-state index is 12.5. The second-order valence-corrected chi connectivity index (χ2v) is 5.99. The maximum atomic E-state index is 12.5. The zero-order valence-corrected chi connectivity index (χ0v) is 15.5. The molecule has 2 aromatic rings. The van der Waals surface area contributed by atoms with E-state index in [9.17, 15) is 8.78 Å². The summed E-state index contributed by atoms with van der Waals surface area (Å²) in [7, 11) is 0. The number of aliphatic imine (C=N–C) groups is 1. The van der Waals surface area contributed by atoms with E-state index in [1.807, 2.05) is 13.0 Å². The van der Waals surface area contributed by atoms with E-state index in [1.165, 1.54) is 12.1 Å². The second kappa shape index (κ2) is 10.1. The lowest BCUT2D eigenvalue weighted by Gasteiger charge is -2.14. The summed E-state index contributed by atoms with van der Waals surface area (Å²) in [6, 6.07) is 7.99. The van der Waals surface area contributed by atoms with Crippen LogP contribution in [0.5, 0.6) is 5.75 Å². The molecule has 0 atom stereocenters. The number of pyridine rings is 1. The van der Waals surface area contributed by atoms with Gasteiger partial charge in [0.1, 0.15) is 10.9 Å². The molecule has 5 nitrogen and oxygen atoms in total. The molecule has 0 radical (unpaired) electrons. The lowest BCUT2D eigenvalue weighted by atomic mass is 10.2. The van der Waals surface area contributed by atoms with Gasteiger partial charge in [0.25, 0.3) is 0 Å². The third kappa shape index (κ3) is 6.65. The molecule has 0 saturated carbocycles. The maximum Gasteiger partial charge on any atom is 0.387 e. The number of alkyl halides is 2. The van der Waals surface area contributed by atoms with Crippen LogP contribution in [0.25, 0.3) is 0 Å². The molecule has 1 aromatic carbocycles. The van der Waals surface area contributed by atoms with Crippen LogP contribution >= 0.6 is 23.2 Å². The normalized spacial score (nSPS) is 11.5. The number of guanidine groups is 1. The molecule has 0 aliphatic heterocycles. The van der Waals surface area contributed by atoms with Crippen molar-refractivity contribution in [2.75, 3.05) is 6.54 Å². The SMILES string of the molecule is CCNC(=NCc1ccc(Cl)nc1)NCc1cc(Cl)ccc1OC(F)F. The van der Waals surface area contributed by atoms with Crippen molar-refractivity contribution in [2.45, 2.75) is 26.6 Å². The van der Waals surface area contributed by atoms with E-state index in [4.69, 9.17) is 23.2 Å². The molecule has 0 saturated heterocycles. The minimum absolute atomic E-state index is 0.0645. The summed E-state index contributed by atoms with van der Waals surface area (Å²) in [6.07, 6.45) is 1.64. The lowest BCUT2D eigenvalue weighted by Crippen LogP contribution is -2.36. The summed E-state index contributed by atoms with van der Waals surface area (Å²) >= 11 is 11.7. The van der Waals surface area contributed by atoms with Crippen LogP contribution in [0.3, 0.4) is 0 Å². The Morgan fingerprint density at radius 1 is 1.23 bits per heavy atom. The topological polar surface area (TPSA) is 58.5 Å². The Morgan fingerprint density at radius 2 is 2.04 bits per heavy atom. The number of nitrogens with zero attached hydrogens (tertiary/aromatic N) is 2. The van der Waals surface area contributed by atoms with Crippen molar-refractivity contribution < 1.29 is 13.5 Å². The van der Waals surface area contributed by atoms with Crippen molar-refractivity contribution in [1.82, 2.24) is 15.6 Å². The molecule has 140 valence electrons. The van der Waals surface area contributed by atoms with Gasteiger partial charge in [0.05, 0.1) is 6.54 Å². The van der Waals surface area contributed by atoms with E-state index >= 15 is 0 Å². The number of nitrogens with one attached hydrogen (secondary N) is 2. The van der Waals surface area contributed by atoms with E-state index in [2.05, 4.69) is 25.3 Å². The molecule has 2 N–H and O–H groups in total. The van der Waals surface area contributed by atoms with Crippen molar-refractivity contribution in [1.29, 1.82) is 0 Å². The highest BCUT2D eigenvalue weighted by Gasteiger charge is 2.11. The highest BCUT2D eigenvalue weighted by molar-refractivity contribution is 6.30. The number of benzene rings is 1. The highest BCUT2D eigenvalue weighted by Crippen LogP contribution is 2.24. The summed E-state index contributed by atoms with van der Waals surface area (Å²) in [5.74, 6) is 0.583. The molecule has 0 aliphatic rings. The summed E-state index contributed by atoms with van der Waals surface area (Å²) in [4.78, 5) is 8.43. The Bertz CT molecular complexity index is 742. The Labute approximate surface area is 160 Å². The summed E-state index contributed by atoms with van der Waals surface area (Å²) in [6.45, 7) is 0.254. The fourth-order valence-corrected chi connectivity index (χ4v) is 2.39. The highest BCUT2D eigenvalue weighted by atomic mass is 35.5. The third-order valence-electron chi connectivity index (χ3n) is 3.24. The largest absolute Gasteiger partial charge is 0.434 e. The molecule has 0 spiro atoms. The number of rotatable bonds is 7. The summed E-state index contributed by atoms with van der Waals surface area (Å²) in [5.41, 5.74) is 1.38. The van der Waals surface area contributed by atoms with Gasteiger partial charge in [0.2, 0.25) is 0 Å². The van der Waals surface area contributed by atoms with E-state index in [0.717, 1.165) is 5.56 Å². The zero-order chi connectivity index (χ0) is 18.9. The van der Waals surface area contributed by atoms with Gasteiger partial charge in [-0.05, 0) is 36.8 Å². The molecular formula is C17H18Cl2F2N4O. The van der Waals surface area contributed by atoms with E-state index in [1.54, 1.807) is 18.3 Å². The van der Waals surface area contributed by atoms with Gasteiger partial charge in [-0.15, -0.1) is 0 Å². The Balaban J connectivity index is 2.06. The van der Waals surface area contributed by atoms with Gasteiger partial charge in [-0.1, -0.05) is 29.3 Å². The minimum atomic E-state index is -2.91. The van der Waals surface area contributed by atoms with Crippen LogP contribution in [-0.4, -0.2) is 24.1 Å². The van der Waals surface area contributed by atoms with Gasteiger partial charge in [-0.25, -0.2) is 9.98 Å². The minimum Gasteiger partial charge on any atom is -0.434 e. The first-order valence-corrected chi connectivity index (χ1v) is 8.59. The van der Waals surface area contributed by atoms with Gasteiger partial charge in [-0.2, -0.15) is 8.78 Å². The first kappa shape index (κ1) is 20.2. The average molecular weight is 403 g/mol. The quantitative estimate of drug-likeness (QED) is 0.413. The van der Waals surface area contributed by atoms with Crippen LogP contribution in [0.2, 0.25) is 10.2 Å². The van der Waals surface area contributed by atoms with Crippen molar-refractivity contribution in [2.24, 2.45) is 4.99 Å². The zero-order valence-electron chi connectivity index (χ0n) is 14.0. The van der Waals surface area contributed by atoms with Crippen LogP contribution in [0.1, 0.15) is 18.1 Å². The number of hydrogen-bond donors (Lipinski definition) is 2. The Morgan fingerprint density at radius 3 is 2.69 bits per heavy atom. The van der Waals surface area contributed by atoms with Crippen molar-refractivity contribution in [3.05, 3.63) is 57.8 Å². The van der Waals surface area contributed by atoms with Gasteiger partial charge < -0.3 is 15.4 Å². The van der Waals surface area contributed by atoms with Crippen LogP contribution < -0.4 is 15.4 Å². The first-order valence-electron chi connectivity index (χ1n) is 7.83. The van der Waals surface area contributed by atoms with Crippen LogP contribution in [-0.2, 0) is 13.1 Å². The van der Waals surface area contributed by atoms with Crippen LogP contribution in [0, 0.1) is 0 Å². The number of aromatic nitrogens is 1. The smallest absolute Gasteiger partial charge is 0.387 e.